The van der Waals surface area contributed by atoms with Crippen molar-refractivity contribution < 1.29 is 19.1 Å². The molecule has 0 radical (unpaired) electrons. The molecule has 3 N–H and O–H groups in total. The molecule has 106 valence electrons. The Kier molecular flexibility index (Phi) is 3.48. The van der Waals surface area contributed by atoms with E-state index in [2.05, 4.69) is 10.3 Å². The molecule has 0 aliphatic rings. The lowest BCUT2D eigenvalue weighted by atomic mass is 9.99. The molecule has 0 spiro atoms. The van der Waals surface area contributed by atoms with Crippen LogP contribution in [0.2, 0.25) is 0 Å². The van der Waals surface area contributed by atoms with Crippen molar-refractivity contribution in [3.05, 3.63) is 35.8 Å². The molecule has 1 aromatic carbocycles. The van der Waals surface area contributed by atoms with Crippen LogP contribution in [0.5, 0.6) is 0 Å². The monoisotopic (exact) mass is 278 g/mol. The molecule has 0 bridgehead atoms. The Morgan fingerprint density at radius 1 is 1.40 bits per heavy atom. The minimum atomic E-state index is -1.33. The van der Waals surface area contributed by atoms with Crippen LogP contribution in [-0.2, 0) is 4.79 Å². The first-order valence-electron chi connectivity index (χ1n) is 6.20. The number of benzene rings is 1. The normalized spacial score (nSPS) is 13.9. The van der Waals surface area contributed by atoms with E-state index in [9.17, 15) is 14.0 Å². The molecular formula is C14H15FN2O3. The summed E-state index contributed by atoms with van der Waals surface area (Å²) in [6.45, 7) is 3.12. The zero-order chi connectivity index (χ0) is 14.9. The predicted octanol–water partition coefficient (Wildman–Crippen LogP) is 2.29. The molecule has 1 unspecified atom stereocenters. The number of hydrogen-bond acceptors (Lipinski definition) is 2. The van der Waals surface area contributed by atoms with Crippen molar-refractivity contribution in [3.8, 4) is 0 Å². The molecular weight excluding hydrogens is 263 g/mol. The van der Waals surface area contributed by atoms with E-state index in [4.69, 9.17) is 5.11 Å². The maximum atomic E-state index is 13.1. The highest BCUT2D eigenvalue weighted by atomic mass is 19.1. The highest BCUT2D eigenvalue weighted by molar-refractivity contribution is 6.00. The molecule has 6 heteroatoms. The number of carbonyl (C=O) groups excluding carboxylic acids is 1. The molecule has 20 heavy (non-hydrogen) atoms. The molecule has 2 rings (SSSR count). The average Bonchev–Trinajstić information content (AvgIpc) is 2.81. The maximum Gasteiger partial charge on any atom is 0.329 e. The first-order valence-corrected chi connectivity index (χ1v) is 6.20. The average molecular weight is 278 g/mol. The zero-order valence-corrected chi connectivity index (χ0v) is 11.2. The Balaban J connectivity index is 2.29. The molecule has 0 saturated carbocycles. The Hall–Kier alpha value is -2.37. The third kappa shape index (κ3) is 2.49. The van der Waals surface area contributed by atoms with Crippen molar-refractivity contribution >= 4 is 22.8 Å². The number of aromatic nitrogens is 1. The second-order valence-electron chi connectivity index (χ2n) is 4.86. The molecule has 1 heterocycles. The van der Waals surface area contributed by atoms with Crippen LogP contribution in [0.4, 0.5) is 4.39 Å². The summed E-state index contributed by atoms with van der Waals surface area (Å²) < 4.78 is 13.1. The molecule has 0 fully saturated rings. The van der Waals surface area contributed by atoms with Gasteiger partial charge in [-0.05, 0) is 37.6 Å². The lowest BCUT2D eigenvalue weighted by Gasteiger charge is -2.24. The van der Waals surface area contributed by atoms with Gasteiger partial charge in [-0.15, -0.1) is 0 Å². The summed E-state index contributed by atoms with van der Waals surface area (Å²) >= 11 is 0. The largest absolute Gasteiger partial charge is 0.480 e. The second-order valence-corrected chi connectivity index (χ2v) is 4.86. The van der Waals surface area contributed by atoms with Gasteiger partial charge in [0.1, 0.15) is 17.1 Å². The van der Waals surface area contributed by atoms with Crippen molar-refractivity contribution in [2.24, 2.45) is 0 Å². The fourth-order valence-electron chi connectivity index (χ4n) is 1.84. The number of rotatable bonds is 4. The summed E-state index contributed by atoms with van der Waals surface area (Å²) in [5.74, 6) is -2.03. The molecule has 0 saturated heterocycles. The van der Waals surface area contributed by atoms with Gasteiger partial charge in [0.15, 0.2) is 0 Å². The van der Waals surface area contributed by atoms with Crippen molar-refractivity contribution in [2.45, 2.75) is 25.8 Å². The molecule has 1 aromatic heterocycles. The van der Waals surface area contributed by atoms with Gasteiger partial charge in [-0.3, -0.25) is 4.79 Å². The molecule has 5 nitrogen and oxygen atoms in total. The van der Waals surface area contributed by atoms with Crippen LogP contribution >= 0.6 is 0 Å². The van der Waals surface area contributed by atoms with E-state index >= 15 is 0 Å². The van der Waals surface area contributed by atoms with Gasteiger partial charge in [0.05, 0.1) is 0 Å². The SMILES string of the molecule is CCC(C)(NC(=O)c1cc2cc(F)ccc2[nH]1)C(=O)O. The highest BCUT2D eigenvalue weighted by Gasteiger charge is 2.33. The van der Waals surface area contributed by atoms with E-state index in [0.717, 1.165) is 0 Å². The molecule has 1 amide bonds. The minimum Gasteiger partial charge on any atom is -0.480 e. The summed E-state index contributed by atoms with van der Waals surface area (Å²) in [5.41, 5.74) is -0.517. The number of carboxylic acid groups (broad SMARTS) is 1. The number of carboxylic acids is 1. The number of H-pyrrole nitrogens is 1. The van der Waals surface area contributed by atoms with Gasteiger partial charge in [0.25, 0.3) is 5.91 Å². The Labute approximate surface area is 114 Å². The van der Waals surface area contributed by atoms with Crippen LogP contribution in [0.3, 0.4) is 0 Å². The van der Waals surface area contributed by atoms with E-state index in [-0.39, 0.29) is 12.1 Å². The number of hydrogen-bond donors (Lipinski definition) is 3. The molecule has 0 aliphatic carbocycles. The third-order valence-electron chi connectivity index (χ3n) is 3.40. The summed E-state index contributed by atoms with van der Waals surface area (Å²) in [4.78, 5) is 26.1. The highest BCUT2D eigenvalue weighted by Crippen LogP contribution is 2.18. The smallest absolute Gasteiger partial charge is 0.329 e. The quantitative estimate of drug-likeness (QED) is 0.802. The van der Waals surface area contributed by atoms with Gasteiger partial charge in [-0.2, -0.15) is 0 Å². The third-order valence-corrected chi connectivity index (χ3v) is 3.40. The van der Waals surface area contributed by atoms with Crippen LogP contribution in [0.15, 0.2) is 24.3 Å². The van der Waals surface area contributed by atoms with E-state index in [1.807, 2.05) is 0 Å². The molecule has 1 atom stereocenters. The standard InChI is InChI=1S/C14H15FN2O3/c1-3-14(2,13(19)20)17-12(18)11-7-8-6-9(15)4-5-10(8)16-11/h4-7,16H,3H2,1-2H3,(H,17,18)(H,19,20). The fourth-order valence-corrected chi connectivity index (χ4v) is 1.84. The van der Waals surface area contributed by atoms with Crippen molar-refractivity contribution in [1.82, 2.24) is 10.3 Å². The van der Waals surface area contributed by atoms with Crippen LogP contribution < -0.4 is 5.32 Å². The summed E-state index contributed by atoms with van der Waals surface area (Å²) in [6.07, 6.45) is 0.253. The van der Waals surface area contributed by atoms with Gasteiger partial charge >= 0.3 is 5.97 Å². The van der Waals surface area contributed by atoms with E-state index in [0.29, 0.717) is 10.9 Å². The van der Waals surface area contributed by atoms with E-state index < -0.39 is 23.2 Å². The molecule has 0 aliphatic heterocycles. The second kappa shape index (κ2) is 4.96. The van der Waals surface area contributed by atoms with Gasteiger partial charge < -0.3 is 15.4 Å². The van der Waals surface area contributed by atoms with Crippen molar-refractivity contribution in [1.29, 1.82) is 0 Å². The Bertz CT molecular complexity index is 680. The number of halogens is 1. The number of carbonyl (C=O) groups is 2. The van der Waals surface area contributed by atoms with Crippen LogP contribution in [-0.4, -0.2) is 27.5 Å². The van der Waals surface area contributed by atoms with Crippen LogP contribution in [0.1, 0.15) is 30.8 Å². The zero-order valence-electron chi connectivity index (χ0n) is 11.2. The number of fused-ring (bicyclic) bond motifs is 1. The van der Waals surface area contributed by atoms with Crippen molar-refractivity contribution in [2.75, 3.05) is 0 Å². The number of aromatic amines is 1. The number of nitrogens with one attached hydrogen (secondary N) is 2. The summed E-state index contributed by atoms with van der Waals surface area (Å²) in [5, 5.41) is 12.2. The van der Waals surface area contributed by atoms with Gasteiger partial charge in [0.2, 0.25) is 0 Å². The number of amides is 1. The van der Waals surface area contributed by atoms with Crippen LogP contribution in [0.25, 0.3) is 10.9 Å². The maximum absolute atomic E-state index is 13.1. The van der Waals surface area contributed by atoms with Gasteiger partial charge in [-0.25, -0.2) is 9.18 Å². The predicted molar refractivity (Wildman–Crippen MR) is 72.1 cm³/mol. The lowest BCUT2D eigenvalue weighted by molar-refractivity contribution is -0.143. The van der Waals surface area contributed by atoms with Gasteiger partial charge in [-0.1, -0.05) is 6.92 Å². The topological polar surface area (TPSA) is 82.2 Å². The Morgan fingerprint density at radius 3 is 2.70 bits per heavy atom. The summed E-state index contributed by atoms with van der Waals surface area (Å²) in [7, 11) is 0. The first-order chi connectivity index (χ1) is 9.35. The van der Waals surface area contributed by atoms with Gasteiger partial charge in [0, 0.05) is 10.9 Å². The Morgan fingerprint density at radius 2 is 2.10 bits per heavy atom. The fraction of sp³-hybridized carbons (Fsp3) is 0.286. The minimum absolute atomic E-state index is 0.200. The lowest BCUT2D eigenvalue weighted by Crippen LogP contribution is -2.51. The first kappa shape index (κ1) is 14.0. The van der Waals surface area contributed by atoms with E-state index in [1.165, 1.54) is 31.2 Å². The number of aliphatic carboxylic acids is 1. The molecule has 2 aromatic rings. The van der Waals surface area contributed by atoms with Crippen LogP contribution in [0, 0.1) is 5.82 Å². The van der Waals surface area contributed by atoms with Crippen molar-refractivity contribution in [3.63, 3.8) is 0 Å². The summed E-state index contributed by atoms with van der Waals surface area (Å²) in [6, 6.07) is 5.61. The van der Waals surface area contributed by atoms with E-state index in [1.54, 1.807) is 6.92 Å².